The average molecular weight is 845 g/mol. The van der Waals surface area contributed by atoms with Gasteiger partial charge in [-0.25, -0.2) is 0 Å². The predicted molar refractivity (Wildman–Crippen MR) is 281 cm³/mol. The number of hydrogen-bond acceptors (Lipinski definition) is 2. The van der Waals surface area contributed by atoms with Crippen LogP contribution in [-0.2, 0) is 0 Å². The topological polar surface area (TPSA) is 0 Å². The minimum Gasteiger partial charge on any atom is -0.134 e. The summed E-state index contributed by atoms with van der Waals surface area (Å²) in [6.07, 6.45) is 0. The Morgan fingerprint density at radius 1 is 0.203 bits per heavy atom. The van der Waals surface area contributed by atoms with Gasteiger partial charge in [0.1, 0.15) is 0 Å². The molecule has 0 N–H and O–H groups in total. The first-order valence-electron chi connectivity index (χ1n) is 22.0. The van der Waals surface area contributed by atoms with Crippen LogP contribution in [-0.4, -0.2) is 0 Å². The highest BCUT2D eigenvalue weighted by molar-refractivity contribution is 7.23. The summed E-state index contributed by atoms with van der Waals surface area (Å²) in [4.78, 5) is 2.61. The lowest BCUT2D eigenvalue weighted by molar-refractivity contribution is 1.72. The summed E-state index contributed by atoms with van der Waals surface area (Å²) < 4.78 is 2.59. The van der Waals surface area contributed by atoms with Gasteiger partial charge in [0.2, 0.25) is 0 Å². The van der Waals surface area contributed by atoms with Crippen molar-refractivity contribution in [2.75, 3.05) is 0 Å². The SMILES string of the molecule is c1ccc2cc3c(-c4sc5ccccc5c4-c4ccc5ccc6ccccc6c5c4)c4ccccc4c(-c4sc5ccccc5c4-c4ccc5ccc6ccccc6c5c4)c3cc2c1. The van der Waals surface area contributed by atoms with Crippen LogP contribution >= 0.6 is 22.7 Å². The highest BCUT2D eigenvalue weighted by Gasteiger charge is 2.26. The lowest BCUT2D eigenvalue weighted by atomic mass is 9.85. The van der Waals surface area contributed by atoms with Crippen molar-refractivity contribution < 1.29 is 0 Å². The van der Waals surface area contributed by atoms with Gasteiger partial charge in [0.15, 0.2) is 0 Å². The van der Waals surface area contributed by atoms with Crippen LogP contribution in [0.4, 0.5) is 0 Å². The van der Waals surface area contributed by atoms with Crippen LogP contribution in [0.15, 0.2) is 218 Å². The highest BCUT2D eigenvalue weighted by atomic mass is 32.1. The van der Waals surface area contributed by atoms with Crippen LogP contribution in [0, 0.1) is 0 Å². The summed E-state index contributed by atoms with van der Waals surface area (Å²) in [6.45, 7) is 0. The third-order valence-electron chi connectivity index (χ3n) is 13.6. The number of rotatable bonds is 4. The normalized spacial score (nSPS) is 12.1. The van der Waals surface area contributed by atoms with Crippen molar-refractivity contribution >= 4 is 118 Å². The van der Waals surface area contributed by atoms with Gasteiger partial charge in [-0.05, 0) is 123 Å². The van der Waals surface area contributed by atoms with Gasteiger partial charge in [-0.1, -0.05) is 182 Å². The molecule has 2 heterocycles. The number of hydrogen-bond donors (Lipinski definition) is 0. The molecular weight excluding hydrogens is 809 g/mol. The van der Waals surface area contributed by atoms with Crippen LogP contribution in [0.1, 0.15) is 0 Å². The van der Waals surface area contributed by atoms with Gasteiger partial charge in [0.25, 0.3) is 0 Å². The van der Waals surface area contributed by atoms with E-state index in [-0.39, 0.29) is 0 Å². The van der Waals surface area contributed by atoms with Crippen molar-refractivity contribution in [3.8, 4) is 43.1 Å². The third-order valence-corrected chi connectivity index (χ3v) is 16.0. The van der Waals surface area contributed by atoms with E-state index >= 15 is 0 Å². The molecule has 0 saturated heterocycles. The molecule has 2 aromatic heterocycles. The molecule has 12 aromatic carbocycles. The molecule has 14 rings (SSSR count). The van der Waals surface area contributed by atoms with Crippen LogP contribution in [0.2, 0.25) is 0 Å². The Labute approximate surface area is 377 Å². The second-order valence-electron chi connectivity index (χ2n) is 17.1. The minimum atomic E-state index is 1.24. The molecule has 296 valence electrons. The molecule has 0 atom stereocenters. The van der Waals surface area contributed by atoms with Crippen molar-refractivity contribution in [2.24, 2.45) is 0 Å². The Morgan fingerprint density at radius 3 is 0.969 bits per heavy atom. The smallest absolute Gasteiger partial charge is 0.0446 e. The quantitative estimate of drug-likeness (QED) is 0.122. The molecule has 64 heavy (non-hydrogen) atoms. The molecule has 0 fully saturated rings. The van der Waals surface area contributed by atoms with Gasteiger partial charge in [0, 0.05) is 52.2 Å². The third kappa shape index (κ3) is 5.34. The molecule has 0 radical (unpaired) electrons. The van der Waals surface area contributed by atoms with Gasteiger partial charge in [-0.15, -0.1) is 22.7 Å². The van der Waals surface area contributed by atoms with Gasteiger partial charge in [-0.3, -0.25) is 0 Å². The van der Waals surface area contributed by atoms with Gasteiger partial charge >= 0.3 is 0 Å². The van der Waals surface area contributed by atoms with E-state index in [0.29, 0.717) is 0 Å². The number of benzene rings is 12. The zero-order valence-corrected chi connectivity index (χ0v) is 36.2. The summed E-state index contributed by atoms with van der Waals surface area (Å²) in [5.74, 6) is 0. The van der Waals surface area contributed by atoms with E-state index in [4.69, 9.17) is 0 Å². The lowest BCUT2D eigenvalue weighted by Gasteiger charge is -2.19. The minimum absolute atomic E-state index is 1.24. The van der Waals surface area contributed by atoms with Crippen LogP contribution in [0.5, 0.6) is 0 Å². The maximum absolute atomic E-state index is 2.48. The predicted octanol–water partition coefficient (Wildman–Crippen LogP) is 18.9. The van der Waals surface area contributed by atoms with E-state index in [0.717, 1.165) is 0 Å². The van der Waals surface area contributed by atoms with E-state index in [1.54, 1.807) is 0 Å². The molecular formula is C62H36S2. The molecule has 2 heteroatoms. The first kappa shape index (κ1) is 35.9. The van der Waals surface area contributed by atoms with Crippen molar-refractivity contribution in [1.82, 2.24) is 0 Å². The standard InChI is InChI=1S/C62H36S2/c1-2-16-42-34-54-53(33-41(42)15-1)59(61-57(49-21-9-11-23-55(49)63-61)43-31-29-39-27-25-37-13-3-5-17-45(37)51(39)35-43)47-19-7-8-20-48(47)60(54)62-58(50-22-10-12-24-56(50)64-62)44-32-30-40-28-26-38-14-4-6-18-46(38)52(40)36-44/h1-36H. The fourth-order valence-electron chi connectivity index (χ4n) is 10.7. The van der Waals surface area contributed by atoms with Crippen molar-refractivity contribution in [3.05, 3.63) is 218 Å². The van der Waals surface area contributed by atoms with Crippen molar-refractivity contribution in [3.63, 3.8) is 0 Å². The lowest BCUT2D eigenvalue weighted by Crippen LogP contribution is -1.92. The molecule has 0 amide bonds. The van der Waals surface area contributed by atoms with Gasteiger partial charge in [0.05, 0.1) is 0 Å². The number of thiophene rings is 2. The van der Waals surface area contributed by atoms with Crippen LogP contribution in [0.3, 0.4) is 0 Å². The van der Waals surface area contributed by atoms with Crippen LogP contribution in [0.25, 0.3) is 139 Å². The maximum Gasteiger partial charge on any atom is 0.0446 e. The average Bonchev–Trinajstić information content (AvgIpc) is 3.93. The molecule has 0 aliphatic heterocycles. The van der Waals surface area contributed by atoms with Gasteiger partial charge in [-0.2, -0.15) is 0 Å². The second kappa shape index (κ2) is 13.9. The summed E-state index contributed by atoms with van der Waals surface area (Å²) >= 11 is 3.85. The summed E-state index contributed by atoms with van der Waals surface area (Å²) in [6, 6.07) is 81.9. The monoisotopic (exact) mass is 844 g/mol. The molecule has 0 unspecified atom stereocenters. The highest BCUT2D eigenvalue weighted by Crippen LogP contribution is 2.55. The molecule has 0 saturated carbocycles. The molecule has 0 bridgehead atoms. The Morgan fingerprint density at radius 2 is 0.531 bits per heavy atom. The van der Waals surface area contributed by atoms with E-state index in [2.05, 4.69) is 218 Å². The van der Waals surface area contributed by atoms with Crippen LogP contribution < -0.4 is 0 Å². The molecule has 0 nitrogen and oxygen atoms in total. The zero-order chi connectivity index (χ0) is 41.9. The van der Waals surface area contributed by atoms with E-state index in [1.807, 2.05) is 22.7 Å². The number of fused-ring (bicyclic) bond motifs is 11. The molecule has 0 aliphatic carbocycles. The largest absolute Gasteiger partial charge is 0.134 e. The fraction of sp³-hybridized carbons (Fsp3) is 0. The summed E-state index contributed by atoms with van der Waals surface area (Å²) in [7, 11) is 0. The Balaban J connectivity index is 1.12. The maximum atomic E-state index is 2.48. The molecule has 0 spiro atoms. The van der Waals surface area contributed by atoms with Gasteiger partial charge < -0.3 is 0 Å². The zero-order valence-electron chi connectivity index (χ0n) is 34.6. The Kier molecular flexibility index (Phi) is 7.83. The molecule has 14 aromatic rings. The second-order valence-corrected chi connectivity index (χ2v) is 19.2. The summed E-state index contributed by atoms with van der Waals surface area (Å²) in [5.41, 5.74) is 7.69. The van der Waals surface area contributed by atoms with Crippen molar-refractivity contribution in [2.45, 2.75) is 0 Å². The Bertz CT molecular complexity index is 3980. The fourth-order valence-corrected chi connectivity index (χ4v) is 13.3. The summed E-state index contributed by atoms with van der Waals surface area (Å²) in [5, 5.41) is 20.4. The molecule has 0 aliphatic rings. The van der Waals surface area contributed by atoms with Crippen molar-refractivity contribution in [1.29, 1.82) is 0 Å². The van der Waals surface area contributed by atoms with E-state index < -0.39 is 0 Å². The first-order chi connectivity index (χ1) is 31.7. The first-order valence-corrected chi connectivity index (χ1v) is 23.6. The van der Waals surface area contributed by atoms with E-state index in [1.165, 1.54) is 139 Å². The van der Waals surface area contributed by atoms with E-state index in [9.17, 15) is 0 Å². The Hall–Kier alpha value is -7.62.